The van der Waals surface area contributed by atoms with Gasteiger partial charge in [0.05, 0.1) is 0 Å². The predicted molar refractivity (Wildman–Crippen MR) is 102 cm³/mol. The number of benzene rings is 3. The number of carbonyl (C=O) groups excluding carboxylic acids is 1. The Hall–Kier alpha value is -1.95. The summed E-state index contributed by atoms with van der Waals surface area (Å²) >= 11 is 7.57. The first-order valence-corrected chi connectivity index (χ1v) is 10.9. The fourth-order valence-corrected chi connectivity index (χ4v) is 8.49. The Morgan fingerprint density at radius 1 is 0.652 bits per heavy atom. The van der Waals surface area contributed by atoms with Crippen LogP contribution < -0.4 is 15.9 Å². The minimum atomic E-state index is -3.33. The van der Waals surface area contributed by atoms with E-state index in [1.54, 1.807) is 0 Å². The zero-order valence-corrected chi connectivity index (χ0v) is 14.3. The second kappa shape index (κ2) is 6.28. The van der Waals surface area contributed by atoms with Crippen molar-refractivity contribution in [3.8, 4) is 0 Å². The van der Waals surface area contributed by atoms with E-state index in [9.17, 15) is 4.79 Å². The maximum atomic E-state index is 11.7. The van der Waals surface area contributed by atoms with Crippen molar-refractivity contribution >= 4 is 39.4 Å². The third-order valence-corrected chi connectivity index (χ3v) is 11.4. The van der Waals surface area contributed by atoms with Crippen molar-refractivity contribution < 1.29 is 4.79 Å². The molecule has 23 heavy (non-hydrogen) atoms. The average molecular weight is 341 g/mol. The van der Waals surface area contributed by atoms with Crippen LogP contribution in [0.15, 0.2) is 91.0 Å². The van der Waals surface area contributed by atoms with E-state index in [1.807, 2.05) is 91.0 Å². The standard InChI is InChI=1S/C20H18ClOP/c21-23(17-16-22,18-10-4-1-5-11-18,19-12-6-2-7-13-19)20-14-8-3-9-15-20/h1-16H,17H2. The summed E-state index contributed by atoms with van der Waals surface area (Å²) in [5.41, 5.74) is 0. The first-order chi connectivity index (χ1) is 11.2. The summed E-state index contributed by atoms with van der Waals surface area (Å²) < 4.78 is 0. The second-order valence-electron chi connectivity index (χ2n) is 5.54. The fourth-order valence-electron chi connectivity index (χ4n) is 3.12. The van der Waals surface area contributed by atoms with Crippen molar-refractivity contribution in [2.45, 2.75) is 0 Å². The Balaban J connectivity index is 2.43. The molecular formula is C20H18ClOP. The van der Waals surface area contributed by atoms with E-state index in [1.165, 1.54) is 0 Å². The number of hydrogen-bond donors (Lipinski definition) is 0. The van der Waals surface area contributed by atoms with Gasteiger partial charge in [0, 0.05) is 0 Å². The van der Waals surface area contributed by atoms with E-state index in [4.69, 9.17) is 11.2 Å². The molecule has 0 amide bonds. The molecule has 0 N–H and O–H groups in total. The van der Waals surface area contributed by atoms with Crippen molar-refractivity contribution in [3.63, 3.8) is 0 Å². The van der Waals surface area contributed by atoms with E-state index in [-0.39, 0.29) is 6.16 Å². The van der Waals surface area contributed by atoms with Gasteiger partial charge in [0.1, 0.15) is 0 Å². The van der Waals surface area contributed by atoms with E-state index in [0.717, 1.165) is 22.2 Å². The van der Waals surface area contributed by atoms with Crippen LogP contribution in [0.2, 0.25) is 0 Å². The first kappa shape index (κ1) is 15.9. The Morgan fingerprint density at radius 3 is 1.22 bits per heavy atom. The SMILES string of the molecule is O=CCP(Cl)(c1ccccc1)(c1ccccc1)c1ccccc1. The van der Waals surface area contributed by atoms with E-state index in [0.29, 0.717) is 0 Å². The van der Waals surface area contributed by atoms with Gasteiger partial charge in [-0.05, 0) is 0 Å². The number of hydrogen-bond acceptors (Lipinski definition) is 1. The number of halogens is 1. The van der Waals surface area contributed by atoms with Crippen LogP contribution in [0.5, 0.6) is 0 Å². The second-order valence-corrected chi connectivity index (χ2v) is 12.1. The van der Waals surface area contributed by atoms with Crippen LogP contribution in [0.4, 0.5) is 0 Å². The summed E-state index contributed by atoms with van der Waals surface area (Å²) in [5, 5.41) is 3.05. The summed E-state index contributed by atoms with van der Waals surface area (Å²) in [6.07, 6.45) is 1.24. The van der Waals surface area contributed by atoms with Gasteiger partial charge in [0.15, 0.2) is 0 Å². The Bertz CT molecular complexity index is 688. The molecule has 0 heterocycles. The molecule has 0 aliphatic heterocycles. The molecule has 116 valence electrons. The average Bonchev–Trinajstić information content (AvgIpc) is 2.64. The molecule has 1 nitrogen and oxygen atoms in total. The summed E-state index contributed by atoms with van der Waals surface area (Å²) in [4.78, 5) is 11.7. The van der Waals surface area contributed by atoms with Crippen LogP contribution in [0.1, 0.15) is 0 Å². The molecule has 3 heteroatoms. The van der Waals surface area contributed by atoms with Gasteiger partial charge in [-0.15, -0.1) is 0 Å². The molecule has 0 aliphatic carbocycles. The van der Waals surface area contributed by atoms with Crippen molar-refractivity contribution in [2.24, 2.45) is 0 Å². The van der Waals surface area contributed by atoms with Gasteiger partial charge in [0.2, 0.25) is 0 Å². The van der Waals surface area contributed by atoms with Gasteiger partial charge in [-0.1, -0.05) is 0 Å². The molecule has 0 bridgehead atoms. The molecule has 0 atom stereocenters. The van der Waals surface area contributed by atoms with Gasteiger partial charge in [0.25, 0.3) is 0 Å². The summed E-state index contributed by atoms with van der Waals surface area (Å²) in [7, 11) is 0. The summed E-state index contributed by atoms with van der Waals surface area (Å²) in [6, 6.07) is 30.0. The minimum absolute atomic E-state index is 0.283. The molecule has 0 radical (unpaired) electrons. The van der Waals surface area contributed by atoms with Gasteiger partial charge >= 0.3 is 141 Å². The molecule has 0 saturated carbocycles. The number of aldehydes is 1. The quantitative estimate of drug-likeness (QED) is 0.509. The van der Waals surface area contributed by atoms with E-state index >= 15 is 0 Å². The first-order valence-electron chi connectivity index (χ1n) is 7.53. The topological polar surface area (TPSA) is 17.1 Å². The van der Waals surface area contributed by atoms with Crippen LogP contribution in [0.3, 0.4) is 0 Å². The monoisotopic (exact) mass is 340 g/mol. The zero-order chi connectivity index (χ0) is 16.2. The van der Waals surface area contributed by atoms with Crippen molar-refractivity contribution in [1.82, 2.24) is 0 Å². The Labute approximate surface area is 141 Å². The van der Waals surface area contributed by atoms with Gasteiger partial charge in [-0.2, -0.15) is 0 Å². The number of rotatable bonds is 5. The fraction of sp³-hybridized carbons (Fsp3) is 0.0500. The molecule has 0 saturated heterocycles. The zero-order valence-electron chi connectivity index (χ0n) is 12.7. The maximum absolute atomic E-state index is 11.7. The van der Waals surface area contributed by atoms with Crippen molar-refractivity contribution in [1.29, 1.82) is 0 Å². The molecule has 0 unspecified atom stereocenters. The Kier molecular flexibility index (Phi) is 4.35. The molecule has 0 aliphatic rings. The van der Waals surface area contributed by atoms with Gasteiger partial charge < -0.3 is 0 Å². The van der Waals surface area contributed by atoms with Crippen LogP contribution >= 0.6 is 17.2 Å². The molecule has 0 spiro atoms. The van der Waals surface area contributed by atoms with Crippen molar-refractivity contribution in [3.05, 3.63) is 91.0 Å². The van der Waals surface area contributed by atoms with Crippen LogP contribution in [-0.2, 0) is 4.79 Å². The van der Waals surface area contributed by atoms with Gasteiger partial charge in [-0.3, -0.25) is 0 Å². The molecular weight excluding hydrogens is 323 g/mol. The molecule has 0 aromatic heterocycles. The normalized spacial score (nSPS) is 13.0. The van der Waals surface area contributed by atoms with Crippen LogP contribution in [0, 0.1) is 0 Å². The third-order valence-electron chi connectivity index (χ3n) is 4.30. The Morgan fingerprint density at radius 2 is 0.957 bits per heavy atom. The summed E-state index contributed by atoms with van der Waals surface area (Å²) in [5.74, 6) is -3.33. The molecule has 3 aromatic rings. The number of carbonyl (C=O) groups is 1. The van der Waals surface area contributed by atoms with E-state index in [2.05, 4.69) is 0 Å². The molecule has 3 rings (SSSR count). The third kappa shape index (κ3) is 2.51. The summed E-state index contributed by atoms with van der Waals surface area (Å²) in [6.45, 7) is 0. The molecule has 0 fully saturated rings. The van der Waals surface area contributed by atoms with Gasteiger partial charge in [-0.25, -0.2) is 0 Å². The van der Waals surface area contributed by atoms with Crippen LogP contribution in [-0.4, -0.2) is 12.4 Å². The van der Waals surface area contributed by atoms with E-state index < -0.39 is 5.96 Å². The predicted octanol–water partition coefficient (Wildman–Crippen LogP) is 3.87. The van der Waals surface area contributed by atoms with Crippen molar-refractivity contribution in [2.75, 3.05) is 6.16 Å². The van der Waals surface area contributed by atoms with Crippen LogP contribution in [0.25, 0.3) is 0 Å². The molecule has 3 aromatic carbocycles.